The normalized spacial score (nSPS) is 10.2. The van der Waals surface area contributed by atoms with Gasteiger partial charge in [0.2, 0.25) is 5.75 Å². The van der Waals surface area contributed by atoms with Crippen molar-refractivity contribution in [1.29, 1.82) is 0 Å². The monoisotopic (exact) mass is 269 g/mol. The molecule has 0 fully saturated rings. The van der Waals surface area contributed by atoms with E-state index in [1.807, 2.05) is 0 Å². The summed E-state index contributed by atoms with van der Waals surface area (Å²) in [5, 5.41) is 11.2. The number of rotatable bonds is 4. The molecule has 0 aliphatic rings. The molecule has 1 heterocycles. The predicted octanol–water partition coefficient (Wildman–Crippen LogP) is 1.15. The van der Waals surface area contributed by atoms with Crippen LogP contribution in [0.5, 0.6) is 23.1 Å². The summed E-state index contributed by atoms with van der Waals surface area (Å²) in [7, 11) is 4.60. The Kier molecular flexibility index (Phi) is 3.52. The Balaban J connectivity index is 2.60. The summed E-state index contributed by atoms with van der Waals surface area (Å²) >= 11 is 1.15. The van der Waals surface area contributed by atoms with Crippen molar-refractivity contribution < 1.29 is 24.0 Å². The highest BCUT2D eigenvalue weighted by molar-refractivity contribution is 7.03. The Bertz CT molecular complexity index is 531. The Morgan fingerprint density at radius 1 is 1.11 bits per heavy atom. The van der Waals surface area contributed by atoms with Gasteiger partial charge in [0.15, 0.2) is 11.5 Å². The van der Waals surface area contributed by atoms with Gasteiger partial charge in [-0.3, -0.25) is 0 Å². The molecule has 96 valence electrons. The van der Waals surface area contributed by atoms with E-state index in [4.69, 9.17) is 14.2 Å². The van der Waals surface area contributed by atoms with Gasteiger partial charge >= 0.3 is 5.88 Å². The third kappa shape index (κ3) is 2.04. The van der Waals surface area contributed by atoms with Gasteiger partial charge in [0.25, 0.3) is 5.69 Å². The maximum Gasteiger partial charge on any atom is 0.409 e. The fraction of sp³-hybridized carbons (Fsp3) is 0.273. The third-order valence-electron chi connectivity index (χ3n) is 2.40. The van der Waals surface area contributed by atoms with Crippen LogP contribution in [0, 0.1) is 0 Å². The predicted molar refractivity (Wildman–Crippen MR) is 65.0 cm³/mol. The van der Waals surface area contributed by atoms with Gasteiger partial charge in [-0.1, -0.05) is 0 Å². The molecule has 0 aliphatic heterocycles. The molecule has 1 aromatic carbocycles. The SMILES string of the molecule is COc1cc(-[n+]2nscc2O)cc(OC)c1OC. The summed E-state index contributed by atoms with van der Waals surface area (Å²) in [6, 6.07) is 3.42. The van der Waals surface area contributed by atoms with Crippen LogP contribution in [0.4, 0.5) is 0 Å². The molecule has 0 amide bonds. The summed E-state index contributed by atoms with van der Waals surface area (Å²) < 4.78 is 21.1. The van der Waals surface area contributed by atoms with Gasteiger partial charge in [-0.2, -0.15) is 0 Å². The fourth-order valence-corrected chi connectivity index (χ4v) is 2.09. The molecule has 6 nitrogen and oxygen atoms in total. The fourth-order valence-electron chi connectivity index (χ4n) is 1.58. The van der Waals surface area contributed by atoms with E-state index in [-0.39, 0.29) is 5.88 Å². The minimum Gasteiger partial charge on any atom is -0.492 e. The molecular weight excluding hydrogens is 256 g/mol. The van der Waals surface area contributed by atoms with Gasteiger partial charge in [0.1, 0.15) is 5.38 Å². The first-order chi connectivity index (χ1) is 8.71. The Morgan fingerprint density at radius 2 is 1.72 bits per heavy atom. The molecule has 0 radical (unpaired) electrons. The molecule has 0 saturated carbocycles. The van der Waals surface area contributed by atoms with Gasteiger partial charge in [0.05, 0.1) is 38.0 Å². The van der Waals surface area contributed by atoms with E-state index in [0.717, 1.165) is 11.5 Å². The van der Waals surface area contributed by atoms with Crippen LogP contribution in [0.25, 0.3) is 5.69 Å². The quantitative estimate of drug-likeness (QED) is 0.844. The summed E-state index contributed by atoms with van der Waals surface area (Å²) in [5.41, 5.74) is 0.628. The van der Waals surface area contributed by atoms with Gasteiger partial charge in [0, 0.05) is 16.2 Å². The molecular formula is C11H13N2O4S+. The molecule has 1 aromatic heterocycles. The maximum absolute atomic E-state index is 9.66. The van der Waals surface area contributed by atoms with Crippen molar-refractivity contribution >= 4 is 11.5 Å². The van der Waals surface area contributed by atoms with Gasteiger partial charge in [-0.15, -0.1) is 0 Å². The highest BCUT2D eigenvalue weighted by Crippen LogP contribution is 2.38. The first-order valence-corrected chi connectivity index (χ1v) is 5.91. The van der Waals surface area contributed by atoms with Crippen LogP contribution in [-0.4, -0.2) is 30.9 Å². The van der Waals surface area contributed by atoms with E-state index < -0.39 is 0 Å². The van der Waals surface area contributed by atoms with Crippen molar-refractivity contribution in [2.75, 3.05) is 21.3 Å². The Labute approximate surface area is 108 Å². The molecule has 2 aromatic rings. The second-order valence-corrected chi connectivity index (χ2v) is 3.97. The average Bonchev–Trinajstić information content (AvgIpc) is 2.83. The van der Waals surface area contributed by atoms with Crippen molar-refractivity contribution in [3.8, 4) is 28.8 Å². The molecule has 0 bridgehead atoms. The smallest absolute Gasteiger partial charge is 0.409 e. The number of nitrogens with zero attached hydrogens (tertiary/aromatic N) is 2. The molecule has 0 saturated heterocycles. The second kappa shape index (κ2) is 5.09. The van der Waals surface area contributed by atoms with Crippen LogP contribution in [-0.2, 0) is 0 Å². The summed E-state index contributed by atoms with van der Waals surface area (Å²) in [6.45, 7) is 0. The highest BCUT2D eigenvalue weighted by Gasteiger charge is 2.23. The van der Waals surface area contributed by atoms with Crippen LogP contribution >= 0.6 is 11.5 Å². The molecule has 0 atom stereocenters. The number of benzene rings is 1. The first kappa shape index (κ1) is 12.4. The molecule has 1 N–H and O–H groups in total. The lowest BCUT2D eigenvalue weighted by Gasteiger charge is -2.11. The Hall–Kier alpha value is -2.02. The van der Waals surface area contributed by atoms with Crippen molar-refractivity contribution in [3.63, 3.8) is 0 Å². The van der Waals surface area contributed by atoms with Crippen molar-refractivity contribution in [2.24, 2.45) is 0 Å². The zero-order valence-electron chi connectivity index (χ0n) is 10.2. The number of aromatic nitrogens is 2. The van der Waals surface area contributed by atoms with Gasteiger partial charge in [-0.05, 0) is 0 Å². The summed E-state index contributed by atoms with van der Waals surface area (Å²) in [4.78, 5) is 0. The average molecular weight is 269 g/mol. The van der Waals surface area contributed by atoms with E-state index >= 15 is 0 Å². The minimum absolute atomic E-state index is 0.0503. The molecule has 0 aliphatic carbocycles. The number of hydrogen-bond donors (Lipinski definition) is 1. The van der Waals surface area contributed by atoms with Crippen LogP contribution in [0.15, 0.2) is 17.5 Å². The van der Waals surface area contributed by atoms with Gasteiger partial charge in [-0.25, -0.2) is 0 Å². The largest absolute Gasteiger partial charge is 0.492 e. The molecule has 2 rings (SSSR count). The zero-order chi connectivity index (χ0) is 13.1. The topological polar surface area (TPSA) is 64.7 Å². The van der Waals surface area contributed by atoms with E-state index in [1.165, 1.54) is 31.4 Å². The zero-order valence-corrected chi connectivity index (χ0v) is 11.0. The van der Waals surface area contributed by atoms with Crippen LogP contribution in [0.2, 0.25) is 0 Å². The Morgan fingerprint density at radius 3 is 2.11 bits per heavy atom. The lowest BCUT2D eigenvalue weighted by atomic mass is 10.2. The standard InChI is InChI=1S/C11H12N2O4S/c1-15-8-4-7(13-10(14)6-18-12-13)5-9(16-2)11(8)17-3/h4-6H,1-3H3/p+1. The van der Waals surface area contributed by atoms with Crippen LogP contribution in [0.3, 0.4) is 0 Å². The molecule has 0 spiro atoms. The van der Waals surface area contributed by atoms with Crippen LogP contribution in [0.1, 0.15) is 0 Å². The van der Waals surface area contributed by atoms with E-state index in [9.17, 15) is 5.11 Å². The maximum atomic E-state index is 9.66. The van der Waals surface area contributed by atoms with Crippen molar-refractivity contribution in [1.82, 2.24) is 4.49 Å². The molecule has 7 heteroatoms. The molecule has 18 heavy (non-hydrogen) atoms. The highest BCUT2D eigenvalue weighted by atomic mass is 32.1. The third-order valence-corrected chi connectivity index (χ3v) is 2.97. The lowest BCUT2D eigenvalue weighted by Crippen LogP contribution is -2.31. The number of aromatic hydroxyl groups is 1. The van der Waals surface area contributed by atoms with Gasteiger partial charge < -0.3 is 19.3 Å². The first-order valence-electron chi connectivity index (χ1n) is 5.07. The second-order valence-electron chi connectivity index (χ2n) is 3.36. The van der Waals surface area contributed by atoms with Crippen molar-refractivity contribution in [2.45, 2.75) is 0 Å². The minimum atomic E-state index is 0.0503. The summed E-state index contributed by atoms with van der Waals surface area (Å²) in [6.07, 6.45) is 0. The van der Waals surface area contributed by atoms with Crippen LogP contribution < -0.4 is 18.9 Å². The number of ether oxygens (including phenoxy) is 3. The number of methoxy groups -OCH3 is 3. The molecule has 0 unspecified atom stereocenters. The van der Waals surface area contributed by atoms with Crippen molar-refractivity contribution in [3.05, 3.63) is 17.5 Å². The number of hydrogen-bond acceptors (Lipinski definition) is 6. The van der Waals surface area contributed by atoms with E-state index in [2.05, 4.69) is 4.49 Å². The van der Waals surface area contributed by atoms with E-state index in [1.54, 1.807) is 12.1 Å². The lowest BCUT2D eigenvalue weighted by molar-refractivity contribution is -0.657. The summed E-state index contributed by atoms with van der Waals surface area (Å²) in [5.74, 6) is 1.56. The van der Waals surface area contributed by atoms with E-state index in [0.29, 0.717) is 22.9 Å².